The molecule has 8 heteroatoms. The second-order valence-corrected chi connectivity index (χ2v) is 7.75. The van der Waals surface area contributed by atoms with E-state index in [1.54, 1.807) is 23.0 Å². The molecule has 1 saturated heterocycles. The Hall–Kier alpha value is -2.97. The molecule has 1 aliphatic heterocycles. The van der Waals surface area contributed by atoms with Crippen LogP contribution in [0.25, 0.3) is 11.5 Å². The first-order valence-corrected chi connectivity index (χ1v) is 10.9. The van der Waals surface area contributed by atoms with Crippen molar-refractivity contribution < 1.29 is 9.18 Å². The van der Waals surface area contributed by atoms with Gasteiger partial charge in [-0.2, -0.15) is 5.10 Å². The first-order valence-electron chi connectivity index (χ1n) is 10.9. The number of hydrogen-bond donors (Lipinski definition) is 1. The van der Waals surface area contributed by atoms with Gasteiger partial charge in [-0.3, -0.25) is 4.79 Å². The first-order chi connectivity index (χ1) is 15.2. The molecule has 0 atom stereocenters. The zero-order chi connectivity index (χ0) is 21.6. The van der Waals surface area contributed by atoms with Gasteiger partial charge in [0.1, 0.15) is 11.4 Å². The summed E-state index contributed by atoms with van der Waals surface area (Å²) in [7, 11) is 0. The Bertz CT molecular complexity index is 991. The van der Waals surface area contributed by atoms with Gasteiger partial charge in [0, 0.05) is 45.1 Å². The third kappa shape index (κ3) is 5.03. The van der Waals surface area contributed by atoms with Crippen LogP contribution in [0, 0.1) is 5.82 Å². The predicted octanol–water partition coefficient (Wildman–Crippen LogP) is 2.56. The molecule has 2 aromatic heterocycles. The minimum Gasteiger partial charge on any atom is -0.352 e. The van der Waals surface area contributed by atoms with Crippen LogP contribution in [0.15, 0.2) is 55.0 Å². The van der Waals surface area contributed by atoms with Gasteiger partial charge < -0.3 is 19.7 Å². The molecule has 0 spiro atoms. The summed E-state index contributed by atoms with van der Waals surface area (Å²) in [6.45, 7) is 9.28. The van der Waals surface area contributed by atoms with Crippen LogP contribution in [0.4, 0.5) is 4.39 Å². The van der Waals surface area contributed by atoms with Crippen molar-refractivity contribution in [2.45, 2.75) is 13.3 Å². The molecule has 164 valence electrons. The fraction of sp³-hybridized carbons (Fsp3) is 0.391. The monoisotopic (exact) mass is 424 g/mol. The lowest BCUT2D eigenvalue weighted by atomic mass is 10.2. The minimum absolute atomic E-state index is 0.179. The quantitative estimate of drug-likeness (QED) is 0.565. The maximum Gasteiger partial charge on any atom is 0.256 e. The molecule has 1 fully saturated rings. The summed E-state index contributed by atoms with van der Waals surface area (Å²) in [5.74, 6) is 0.0585. The van der Waals surface area contributed by atoms with Gasteiger partial charge in [-0.1, -0.05) is 13.0 Å². The van der Waals surface area contributed by atoms with E-state index in [9.17, 15) is 9.18 Å². The highest BCUT2D eigenvalue weighted by atomic mass is 19.1. The summed E-state index contributed by atoms with van der Waals surface area (Å²) >= 11 is 0. The molecule has 1 aliphatic rings. The van der Waals surface area contributed by atoms with Gasteiger partial charge in [0.05, 0.1) is 11.9 Å². The third-order valence-corrected chi connectivity index (χ3v) is 5.74. The molecule has 0 aliphatic carbocycles. The highest BCUT2D eigenvalue weighted by Gasteiger charge is 2.20. The number of piperazine rings is 1. The molecular weight excluding hydrogens is 395 g/mol. The zero-order valence-electron chi connectivity index (χ0n) is 17.9. The average molecular weight is 425 g/mol. The molecule has 4 rings (SSSR count). The third-order valence-electron chi connectivity index (χ3n) is 5.74. The molecule has 1 N–H and O–H groups in total. The molecule has 3 aromatic rings. The Labute approximate surface area is 182 Å². The number of benzene rings is 1. The molecular formula is C23H29FN6O. The summed E-state index contributed by atoms with van der Waals surface area (Å²) in [4.78, 5) is 17.8. The summed E-state index contributed by atoms with van der Waals surface area (Å²) in [5, 5.41) is 7.40. The van der Waals surface area contributed by atoms with E-state index in [0.29, 0.717) is 23.6 Å². The number of halogens is 1. The van der Waals surface area contributed by atoms with Crippen molar-refractivity contribution in [1.82, 2.24) is 29.5 Å². The molecule has 7 nitrogen and oxygen atoms in total. The van der Waals surface area contributed by atoms with Gasteiger partial charge in [-0.15, -0.1) is 0 Å². The van der Waals surface area contributed by atoms with Crippen LogP contribution < -0.4 is 5.32 Å². The van der Waals surface area contributed by atoms with Crippen molar-refractivity contribution >= 4 is 5.91 Å². The number of hydrogen-bond acceptors (Lipinski definition) is 4. The maximum absolute atomic E-state index is 13.8. The van der Waals surface area contributed by atoms with Gasteiger partial charge in [0.15, 0.2) is 5.82 Å². The number of rotatable bonds is 8. The second-order valence-electron chi connectivity index (χ2n) is 7.75. The molecule has 1 amide bonds. The maximum atomic E-state index is 13.8. The van der Waals surface area contributed by atoms with E-state index < -0.39 is 0 Å². The lowest BCUT2D eigenvalue weighted by Crippen LogP contribution is -2.46. The highest BCUT2D eigenvalue weighted by molar-refractivity contribution is 5.97. The number of likely N-dealkylation sites (N-methyl/N-ethyl adjacent to an activating group) is 1. The van der Waals surface area contributed by atoms with Crippen molar-refractivity contribution in [3.8, 4) is 11.5 Å². The van der Waals surface area contributed by atoms with E-state index in [0.717, 1.165) is 45.7 Å². The van der Waals surface area contributed by atoms with E-state index in [-0.39, 0.29) is 11.7 Å². The average Bonchev–Trinajstić information content (AvgIpc) is 3.46. The van der Waals surface area contributed by atoms with Crippen molar-refractivity contribution in [2.24, 2.45) is 0 Å². The molecule has 1 aromatic carbocycles. The minimum atomic E-state index is -0.350. The fourth-order valence-corrected chi connectivity index (χ4v) is 3.95. The van der Waals surface area contributed by atoms with Gasteiger partial charge in [-0.25, -0.2) is 9.07 Å². The van der Waals surface area contributed by atoms with Crippen molar-refractivity contribution in [3.05, 3.63) is 66.4 Å². The molecule has 3 heterocycles. The Kier molecular flexibility index (Phi) is 6.79. The van der Waals surface area contributed by atoms with E-state index >= 15 is 0 Å². The SMILES string of the molecule is CCN1CCN(CCCNC(=O)c2cnn(-c3cccc(F)c3)c2-n2cccc2)CC1. The van der Waals surface area contributed by atoms with Crippen LogP contribution in [0.3, 0.4) is 0 Å². The Morgan fingerprint density at radius 3 is 2.55 bits per heavy atom. The summed E-state index contributed by atoms with van der Waals surface area (Å²) in [6, 6.07) is 9.94. The van der Waals surface area contributed by atoms with Crippen molar-refractivity contribution in [3.63, 3.8) is 0 Å². The van der Waals surface area contributed by atoms with Crippen molar-refractivity contribution in [2.75, 3.05) is 45.8 Å². The highest BCUT2D eigenvalue weighted by Crippen LogP contribution is 2.20. The standard InChI is InChI=1S/C23H29FN6O/c1-2-27-13-15-28(16-14-27)10-6-9-25-22(31)21-18-26-30(20-8-5-7-19(24)17-20)23(21)29-11-3-4-12-29/h3-5,7-8,11-12,17-18H,2,6,9-10,13-16H2,1H3,(H,25,31). The predicted molar refractivity (Wildman–Crippen MR) is 118 cm³/mol. The van der Waals surface area contributed by atoms with E-state index in [4.69, 9.17) is 0 Å². The second kappa shape index (κ2) is 9.89. The summed E-state index contributed by atoms with van der Waals surface area (Å²) < 4.78 is 17.2. The Morgan fingerprint density at radius 2 is 1.84 bits per heavy atom. The summed E-state index contributed by atoms with van der Waals surface area (Å²) in [5.41, 5.74) is 1.02. The van der Waals surface area contributed by atoms with Crippen LogP contribution in [-0.4, -0.2) is 75.9 Å². The number of aromatic nitrogens is 3. The van der Waals surface area contributed by atoms with Gasteiger partial charge in [-0.05, 0) is 49.8 Å². The normalized spacial score (nSPS) is 15.3. The first kappa shape index (κ1) is 21.3. The van der Waals surface area contributed by atoms with Gasteiger partial charge in [0.2, 0.25) is 0 Å². The van der Waals surface area contributed by atoms with Crippen LogP contribution >= 0.6 is 0 Å². The van der Waals surface area contributed by atoms with Crippen LogP contribution in [0.2, 0.25) is 0 Å². The number of amides is 1. The van der Waals surface area contributed by atoms with Crippen LogP contribution in [0.1, 0.15) is 23.7 Å². The lowest BCUT2D eigenvalue weighted by Gasteiger charge is -2.33. The molecule has 0 bridgehead atoms. The summed E-state index contributed by atoms with van der Waals surface area (Å²) in [6.07, 6.45) is 6.13. The Balaban J connectivity index is 1.41. The Morgan fingerprint density at radius 1 is 1.10 bits per heavy atom. The molecule has 0 radical (unpaired) electrons. The number of carbonyl (C=O) groups is 1. The molecule has 0 saturated carbocycles. The van der Waals surface area contributed by atoms with E-state index in [2.05, 4.69) is 27.1 Å². The number of nitrogens with zero attached hydrogens (tertiary/aromatic N) is 5. The topological polar surface area (TPSA) is 58.3 Å². The van der Waals surface area contributed by atoms with Gasteiger partial charge >= 0.3 is 0 Å². The lowest BCUT2D eigenvalue weighted by molar-refractivity contribution is 0.0948. The fourth-order valence-electron chi connectivity index (χ4n) is 3.95. The van der Waals surface area contributed by atoms with Crippen molar-refractivity contribution in [1.29, 1.82) is 0 Å². The zero-order valence-corrected chi connectivity index (χ0v) is 17.9. The van der Waals surface area contributed by atoms with E-state index in [1.165, 1.54) is 12.1 Å². The number of nitrogens with one attached hydrogen (secondary N) is 1. The largest absolute Gasteiger partial charge is 0.352 e. The van der Waals surface area contributed by atoms with Gasteiger partial charge in [0.25, 0.3) is 5.91 Å². The molecule has 31 heavy (non-hydrogen) atoms. The van der Waals surface area contributed by atoms with E-state index in [1.807, 2.05) is 29.1 Å². The van der Waals surface area contributed by atoms with Crippen LogP contribution in [0.5, 0.6) is 0 Å². The van der Waals surface area contributed by atoms with Crippen LogP contribution in [-0.2, 0) is 0 Å². The molecule has 0 unspecified atom stereocenters. The smallest absolute Gasteiger partial charge is 0.256 e. The number of carbonyl (C=O) groups excluding carboxylic acids is 1.